The van der Waals surface area contributed by atoms with Crippen molar-refractivity contribution < 1.29 is 19.8 Å². The second kappa shape index (κ2) is 8.64. The van der Waals surface area contributed by atoms with Gasteiger partial charge in [0, 0.05) is 41.6 Å². The van der Waals surface area contributed by atoms with Crippen molar-refractivity contribution in [2.24, 2.45) is 0 Å². The number of hydrogen-bond donors (Lipinski definition) is 3. The van der Waals surface area contributed by atoms with Gasteiger partial charge in [0.05, 0.1) is 12.0 Å². The summed E-state index contributed by atoms with van der Waals surface area (Å²) in [6.45, 7) is 0. The molecular weight excluding hydrogens is 342 g/mol. The first-order valence-electron chi connectivity index (χ1n) is 5.68. The van der Waals surface area contributed by atoms with Crippen LogP contribution in [0.5, 0.6) is 0 Å². The number of hydrogen-bond acceptors (Lipinski definition) is 4. The number of imidazole rings is 1. The molecule has 0 amide bonds. The largest absolute Gasteiger partial charge is 0.478 e. The van der Waals surface area contributed by atoms with Gasteiger partial charge in [-0.1, -0.05) is 0 Å². The third-order valence-corrected chi connectivity index (χ3v) is 2.50. The first kappa shape index (κ1) is 16.6. The van der Waals surface area contributed by atoms with Gasteiger partial charge in [0.25, 0.3) is 0 Å². The van der Waals surface area contributed by atoms with E-state index in [4.69, 9.17) is 10.2 Å². The third kappa shape index (κ3) is 7.63. The van der Waals surface area contributed by atoms with Crippen LogP contribution in [0.4, 0.5) is 0 Å². The lowest BCUT2D eigenvalue weighted by atomic mass is 10.2. The van der Waals surface area contributed by atoms with E-state index in [1.165, 1.54) is 0 Å². The molecule has 0 unspecified atom stereocenters. The number of carbonyl (C=O) groups is 2. The first-order valence-corrected chi connectivity index (χ1v) is 6.47. The Morgan fingerprint density at radius 3 is 2.38 bits per heavy atom. The Kier molecular flexibility index (Phi) is 6.82. The highest BCUT2D eigenvalue weighted by molar-refractivity contribution is 9.10. The predicted octanol–water partition coefficient (Wildman–Crippen LogP) is 1.87. The molecule has 0 aliphatic carbocycles. The van der Waals surface area contributed by atoms with Crippen molar-refractivity contribution in [2.75, 3.05) is 0 Å². The summed E-state index contributed by atoms with van der Waals surface area (Å²) in [7, 11) is 0. The maximum atomic E-state index is 9.55. The fourth-order valence-electron chi connectivity index (χ4n) is 1.29. The summed E-state index contributed by atoms with van der Waals surface area (Å²) in [6.07, 6.45) is 9.12. The summed E-state index contributed by atoms with van der Waals surface area (Å²) < 4.78 is 1.00. The summed E-state index contributed by atoms with van der Waals surface area (Å²) >= 11 is 3.38. The summed E-state index contributed by atoms with van der Waals surface area (Å²) in [5, 5.41) is 15.6. The van der Waals surface area contributed by atoms with Crippen molar-refractivity contribution in [1.29, 1.82) is 0 Å². The van der Waals surface area contributed by atoms with Crippen LogP contribution in [-0.2, 0) is 16.0 Å². The molecule has 0 radical (unpaired) electrons. The van der Waals surface area contributed by atoms with Gasteiger partial charge in [0.1, 0.15) is 0 Å². The van der Waals surface area contributed by atoms with Gasteiger partial charge in [-0.05, 0) is 27.6 Å². The number of nitrogens with one attached hydrogen (secondary N) is 1. The Hall–Kier alpha value is -2.48. The van der Waals surface area contributed by atoms with Gasteiger partial charge < -0.3 is 15.2 Å². The molecule has 7 nitrogen and oxygen atoms in total. The molecule has 2 aromatic heterocycles. The first-order chi connectivity index (χ1) is 9.97. The Bertz CT molecular complexity index is 610. The molecule has 0 bridgehead atoms. The molecular formula is C13H12BrN3O4. The second-order valence-corrected chi connectivity index (χ2v) is 4.67. The third-order valence-electron chi connectivity index (χ3n) is 2.07. The number of aromatic amines is 1. The highest BCUT2D eigenvalue weighted by atomic mass is 79.9. The fourth-order valence-corrected chi connectivity index (χ4v) is 1.70. The van der Waals surface area contributed by atoms with E-state index in [1.807, 2.05) is 18.5 Å². The summed E-state index contributed by atoms with van der Waals surface area (Å²) in [4.78, 5) is 30.3. The number of aromatic nitrogens is 3. The van der Waals surface area contributed by atoms with Crippen LogP contribution in [0.15, 0.2) is 47.6 Å². The molecule has 110 valence electrons. The SMILES string of the molecule is Brc1cncc(Cc2c[nH]cn2)c1.O=C(O)/C=C/C(=O)O. The maximum Gasteiger partial charge on any atom is 0.328 e. The van der Waals surface area contributed by atoms with Gasteiger partial charge in [-0.3, -0.25) is 4.98 Å². The summed E-state index contributed by atoms with van der Waals surface area (Å²) in [6, 6.07) is 2.04. The van der Waals surface area contributed by atoms with Crippen molar-refractivity contribution in [1.82, 2.24) is 15.0 Å². The average molecular weight is 354 g/mol. The highest BCUT2D eigenvalue weighted by Gasteiger charge is 1.98. The number of halogens is 1. The Labute approximate surface area is 128 Å². The van der Waals surface area contributed by atoms with E-state index in [0.717, 1.165) is 22.2 Å². The number of rotatable bonds is 4. The van der Waals surface area contributed by atoms with Crippen LogP contribution < -0.4 is 0 Å². The zero-order chi connectivity index (χ0) is 15.7. The smallest absolute Gasteiger partial charge is 0.328 e. The highest BCUT2D eigenvalue weighted by Crippen LogP contribution is 2.12. The predicted molar refractivity (Wildman–Crippen MR) is 77.7 cm³/mol. The lowest BCUT2D eigenvalue weighted by Crippen LogP contribution is -1.91. The maximum absolute atomic E-state index is 9.55. The molecule has 0 saturated heterocycles. The molecule has 21 heavy (non-hydrogen) atoms. The van der Waals surface area contributed by atoms with Crippen LogP contribution in [0.3, 0.4) is 0 Å². The minimum Gasteiger partial charge on any atom is -0.478 e. The van der Waals surface area contributed by atoms with Gasteiger partial charge in [-0.25, -0.2) is 14.6 Å². The molecule has 0 aliphatic rings. The normalized spacial score (nSPS) is 9.95. The standard InChI is InChI=1S/C9H8BrN3.C4H4O4/c10-8-1-7(3-11-4-8)2-9-5-12-6-13-9;5-3(6)1-2-4(7)8/h1,3-6H,2H2,(H,12,13);1-2H,(H,5,6)(H,7,8)/b;2-1+. The number of H-pyrrole nitrogens is 1. The second-order valence-electron chi connectivity index (χ2n) is 3.76. The Balaban J connectivity index is 0.000000240. The van der Waals surface area contributed by atoms with Crippen LogP contribution in [-0.4, -0.2) is 37.1 Å². The minimum atomic E-state index is -1.26. The number of carboxylic acid groups (broad SMARTS) is 2. The molecule has 0 fully saturated rings. The monoisotopic (exact) mass is 353 g/mol. The molecule has 0 aliphatic heterocycles. The van der Waals surface area contributed by atoms with E-state index in [-0.39, 0.29) is 0 Å². The van der Waals surface area contributed by atoms with Gasteiger partial charge in [0.2, 0.25) is 0 Å². The van der Waals surface area contributed by atoms with E-state index in [1.54, 1.807) is 12.5 Å². The molecule has 0 spiro atoms. The van der Waals surface area contributed by atoms with E-state index >= 15 is 0 Å². The minimum absolute atomic E-state index is 0.558. The molecule has 2 aromatic rings. The lowest BCUT2D eigenvalue weighted by Gasteiger charge is -1.97. The van der Waals surface area contributed by atoms with Crippen molar-refractivity contribution in [3.05, 3.63) is 58.9 Å². The van der Waals surface area contributed by atoms with Crippen molar-refractivity contribution in [2.45, 2.75) is 6.42 Å². The van der Waals surface area contributed by atoms with Crippen LogP contribution in [0.1, 0.15) is 11.3 Å². The Morgan fingerprint density at radius 2 is 1.90 bits per heavy atom. The molecule has 2 rings (SSSR count). The van der Waals surface area contributed by atoms with E-state index in [9.17, 15) is 9.59 Å². The fraction of sp³-hybridized carbons (Fsp3) is 0.0769. The lowest BCUT2D eigenvalue weighted by molar-refractivity contribution is -0.134. The average Bonchev–Trinajstić information content (AvgIpc) is 2.90. The van der Waals surface area contributed by atoms with Gasteiger partial charge in [-0.15, -0.1) is 0 Å². The van der Waals surface area contributed by atoms with Crippen LogP contribution in [0, 0.1) is 0 Å². The van der Waals surface area contributed by atoms with Gasteiger partial charge in [-0.2, -0.15) is 0 Å². The van der Waals surface area contributed by atoms with E-state index < -0.39 is 11.9 Å². The topological polar surface area (TPSA) is 116 Å². The zero-order valence-electron chi connectivity index (χ0n) is 10.7. The van der Waals surface area contributed by atoms with Gasteiger partial charge >= 0.3 is 11.9 Å². The molecule has 3 N–H and O–H groups in total. The van der Waals surface area contributed by atoms with Crippen molar-refractivity contribution in [3.8, 4) is 0 Å². The number of aliphatic carboxylic acids is 2. The van der Waals surface area contributed by atoms with Crippen molar-refractivity contribution >= 4 is 27.9 Å². The number of nitrogens with zero attached hydrogens (tertiary/aromatic N) is 2. The number of carboxylic acids is 2. The molecule has 2 heterocycles. The van der Waals surface area contributed by atoms with Crippen LogP contribution >= 0.6 is 15.9 Å². The molecule has 0 atom stereocenters. The summed E-state index contributed by atoms with van der Waals surface area (Å²) in [5.41, 5.74) is 2.18. The summed E-state index contributed by atoms with van der Waals surface area (Å²) in [5.74, 6) is -2.51. The Morgan fingerprint density at radius 1 is 1.24 bits per heavy atom. The number of pyridine rings is 1. The van der Waals surface area contributed by atoms with E-state index in [2.05, 4.69) is 30.9 Å². The van der Waals surface area contributed by atoms with E-state index in [0.29, 0.717) is 12.2 Å². The zero-order valence-corrected chi connectivity index (χ0v) is 12.3. The molecule has 8 heteroatoms. The van der Waals surface area contributed by atoms with Crippen LogP contribution in [0.2, 0.25) is 0 Å². The molecule has 0 saturated carbocycles. The molecule has 0 aromatic carbocycles. The van der Waals surface area contributed by atoms with Crippen LogP contribution in [0.25, 0.3) is 0 Å². The van der Waals surface area contributed by atoms with Gasteiger partial charge in [0.15, 0.2) is 0 Å². The quantitative estimate of drug-likeness (QED) is 0.722. The van der Waals surface area contributed by atoms with Crippen molar-refractivity contribution in [3.63, 3.8) is 0 Å².